The monoisotopic (exact) mass is 602 g/mol. The van der Waals surface area contributed by atoms with E-state index in [1.54, 1.807) is 24.3 Å². The van der Waals surface area contributed by atoms with Gasteiger partial charge in [-0.1, -0.05) is 23.7 Å². The Morgan fingerprint density at radius 2 is 1.54 bits per heavy atom. The predicted molar refractivity (Wildman–Crippen MR) is 139 cm³/mol. The number of ether oxygens (including phenoxy) is 2. The average molecular weight is 603 g/mol. The Labute approximate surface area is 236 Å². The molecule has 7 nitrogen and oxygen atoms in total. The predicted octanol–water partition coefficient (Wildman–Crippen LogP) is 6.74. The Balaban J connectivity index is 1.76. The van der Waals surface area contributed by atoms with E-state index < -0.39 is 40.4 Å². The maximum absolute atomic E-state index is 13.7. The number of rotatable bonds is 6. The molecule has 4 rings (SSSR count). The van der Waals surface area contributed by atoms with Crippen molar-refractivity contribution in [2.45, 2.75) is 31.6 Å². The van der Waals surface area contributed by atoms with Crippen molar-refractivity contribution in [3.05, 3.63) is 70.4 Å². The van der Waals surface area contributed by atoms with E-state index in [2.05, 4.69) is 9.97 Å². The van der Waals surface area contributed by atoms with Crippen molar-refractivity contribution in [3.8, 4) is 11.6 Å². The van der Waals surface area contributed by atoms with E-state index in [0.717, 1.165) is 4.90 Å². The Bertz CT molecular complexity index is 1390. The van der Waals surface area contributed by atoms with Crippen LogP contribution >= 0.6 is 11.6 Å². The van der Waals surface area contributed by atoms with Gasteiger partial charge in [-0.05, 0) is 49.7 Å². The fourth-order valence-electron chi connectivity index (χ4n) is 4.17. The average Bonchev–Trinajstić information content (AvgIpc) is 2.92. The Morgan fingerprint density at radius 3 is 2.10 bits per heavy atom. The zero-order valence-corrected chi connectivity index (χ0v) is 22.9. The van der Waals surface area contributed by atoms with Crippen LogP contribution in [0.5, 0.6) is 11.6 Å². The quantitative estimate of drug-likeness (QED) is 0.291. The van der Waals surface area contributed by atoms with Crippen LogP contribution in [0.15, 0.2) is 48.7 Å². The van der Waals surface area contributed by atoms with Gasteiger partial charge >= 0.3 is 12.4 Å². The van der Waals surface area contributed by atoms with Crippen molar-refractivity contribution >= 4 is 29.1 Å². The van der Waals surface area contributed by atoms with E-state index in [-0.39, 0.29) is 34.4 Å². The van der Waals surface area contributed by atoms with Gasteiger partial charge in [0.2, 0.25) is 17.7 Å². The largest absolute Gasteiger partial charge is 0.435 e. The highest BCUT2D eigenvalue weighted by Crippen LogP contribution is 2.41. The summed E-state index contributed by atoms with van der Waals surface area (Å²) in [6, 6.07) is 7.58. The molecule has 1 fully saturated rings. The zero-order chi connectivity index (χ0) is 30.2. The lowest BCUT2D eigenvalue weighted by Gasteiger charge is -2.32. The van der Waals surface area contributed by atoms with Crippen LogP contribution < -0.4 is 14.5 Å². The minimum absolute atomic E-state index is 0.0154. The zero-order valence-electron chi connectivity index (χ0n) is 22.1. The Morgan fingerprint density at radius 1 is 0.976 bits per heavy atom. The van der Waals surface area contributed by atoms with E-state index in [1.807, 2.05) is 4.90 Å². The number of benzene rings is 2. The summed E-state index contributed by atoms with van der Waals surface area (Å²) in [5, 5.41) is 0.239. The van der Waals surface area contributed by atoms with Gasteiger partial charge in [-0.2, -0.15) is 31.3 Å². The molecular weight excluding hydrogens is 578 g/mol. The molecule has 0 unspecified atom stereocenters. The van der Waals surface area contributed by atoms with Gasteiger partial charge in [-0.25, -0.2) is 4.98 Å². The van der Waals surface area contributed by atoms with Gasteiger partial charge < -0.3 is 19.3 Å². The molecule has 220 valence electrons. The van der Waals surface area contributed by atoms with Crippen LogP contribution in [0.25, 0.3) is 0 Å². The van der Waals surface area contributed by atoms with Crippen molar-refractivity contribution in [3.63, 3.8) is 0 Å². The molecule has 1 aromatic heterocycles. The van der Waals surface area contributed by atoms with E-state index in [1.165, 1.54) is 27.1 Å². The second-order valence-corrected chi connectivity index (χ2v) is 10.2. The first-order valence-corrected chi connectivity index (χ1v) is 12.7. The van der Waals surface area contributed by atoms with Gasteiger partial charge in [0.25, 0.3) is 0 Å². The summed E-state index contributed by atoms with van der Waals surface area (Å²) in [6.07, 6.45) is -8.84. The lowest BCUT2D eigenvalue weighted by Crippen LogP contribution is -2.42. The SMILES string of the molecule is CN(C(=O)C(C)(C)c1cc(C(F)(F)F)cc(C(F)(F)F)c1)c1cnc(N2CCOCC2)nc1Oc1ccccc1Cl. The smallest absolute Gasteiger partial charge is 0.416 e. The van der Waals surface area contributed by atoms with Gasteiger partial charge in [0, 0.05) is 20.1 Å². The third-order valence-corrected chi connectivity index (χ3v) is 6.88. The summed E-state index contributed by atoms with van der Waals surface area (Å²) in [6.45, 7) is 4.33. The Kier molecular flexibility index (Phi) is 8.42. The van der Waals surface area contributed by atoms with Crippen LogP contribution in [0.2, 0.25) is 5.02 Å². The number of para-hydroxylation sites is 1. The van der Waals surface area contributed by atoms with Crippen molar-refractivity contribution < 1.29 is 40.6 Å². The number of anilines is 2. The van der Waals surface area contributed by atoms with E-state index in [0.29, 0.717) is 38.4 Å². The first-order chi connectivity index (χ1) is 19.1. The number of nitrogens with zero attached hydrogens (tertiary/aromatic N) is 4. The minimum Gasteiger partial charge on any atom is -0.435 e. The number of amides is 1. The third kappa shape index (κ3) is 6.67. The topological polar surface area (TPSA) is 67.8 Å². The summed E-state index contributed by atoms with van der Waals surface area (Å²) < 4.78 is 92.4. The molecule has 41 heavy (non-hydrogen) atoms. The first kappa shape index (κ1) is 30.4. The van der Waals surface area contributed by atoms with Crippen molar-refractivity contribution in [1.29, 1.82) is 0 Å². The molecule has 1 amide bonds. The maximum Gasteiger partial charge on any atom is 0.416 e. The van der Waals surface area contributed by atoms with Gasteiger partial charge in [-0.3, -0.25) is 4.79 Å². The van der Waals surface area contributed by atoms with Crippen LogP contribution in [0.1, 0.15) is 30.5 Å². The van der Waals surface area contributed by atoms with Crippen molar-refractivity contribution in [1.82, 2.24) is 9.97 Å². The highest BCUT2D eigenvalue weighted by molar-refractivity contribution is 6.32. The van der Waals surface area contributed by atoms with Crippen LogP contribution in [0, 0.1) is 0 Å². The molecular formula is C27H25ClF6N4O3. The molecule has 0 atom stereocenters. The molecule has 1 aliphatic rings. The molecule has 0 N–H and O–H groups in total. The summed E-state index contributed by atoms with van der Waals surface area (Å²) in [7, 11) is 1.30. The molecule has 3 aromatic rings. The van der Waals surface area contributed by atoms with Gasteiger partial charge in [0.15, 0.2) is 0 Å². The molecule has 1 aliphatic heterocycles. The van der Waals surface area contributed by atoms with E-state index >= 15 is 0 Å². The van der Waals surface area contributed by atoms with Gasteiger partial charge in [-0.15, -0.1) is 0 Å². The molecule has 14 heteroatoms. The Hall–Kier alpha value is -3.58. The summed E-state index contributed by atoms with van der Waals surface area (Å²) in [4.78, 5) is 25.4. The highest BCUT2D eigenvalue weighted by atomic mass is 35.5. The first-order valence-electron chi connectivity index (χ1n) is 12.3. The van der Waals surface area contributed by atoms with Crippen molar-refractivity contribution in [2.75, 3.05) is 43.2 Å². The number of hydrogen-bond donors (Lipinski definition) is 0. The fourth-order valence-corrected chi connectivity index (χ4v) is 4.35. The van der Waals surface area contributed by atoms with Gasteiger partial charge in [0.1, 0.15) is 11.4 Å². The summed E-state index contributed by atoms with van der Waals surface area (Å²) in [5.41, 5.74) is -5.35. The number of morpholine rings is 1. The number of carbonyl (C=O) groups is 1. The molecule has 1 saturated heterocycles. The number of likely N-dealkylation sites (N-methyl/N-ethyl adjacent to an activating group) is 1. The van der Waals surface area contributed by atoms with Crippen molar-refractivity contribution in [2.24, 2.45) is 0 Å². The molecule has 0 bridgehead atoms. The normalized spacial score (nSPS) is 14.6. The number of alkyl halides is 6. The van der Waals surface area contributed by atoms with E-state index in [4.69, 9.17) is 21.1 Å². The summed E-state index contributed by atoms with van der Waals surface area (Å²) in [5.74, 6) is -0.459. The van der Waals surface area contributed by atoms with Gasteiger partial charge in [0.05, 0.1) is 41.0 Å². The molecule has 0 spiro atoms. The molecule has 2 heterocycles. The molecule has 0 saturated carbocycles. The third-order valence-electron chi connectivity index (χ3n) is 6.57. The highest BCUT2D eigenvalue weighted by Gasteiger charge is 2.41. The number of hydrogen-bond acceptors (Lipinski definition) is 6. The second-order valence-electron chi connectivity index (χ2n) is 9.78. The number of carbonyl (C=O) groups excluding carboxylic acids is 1. The van der Waals surface area contributed by atoms with Crippen LogP contribution in [-0.2, 0) is 27.3 Å². The lowest BCUT2D eigenvalue weighted by molar-refractivity contribution is -0.143. The number of halogens is 7. The minimum atomic E-state index is -5.07. The van der Waals surface area contributed by atoms with Crippen LogP contribution in [0.3, 0.4) is 0 Å². The van der Waals surface area contributed by atoms with E-state index in [9.17, 15) is 31.1 Å². The lowest BCUT2D eigenvalue weighted by atomic mass is 9.81. The fraction of sp³-hybridized carbons (Fsp3) is 0.370. The molecule has 2 aromatic carbocycles. The van der Waals surface area contributed by atoms with Crippen LogP contribution in [-0.4, -0.2) is 49.2 Å². The molecule has 0 aliphatic carbocycles. The summed E-state index contributed by atoms with van der Waals surface area (Å²) >= 11 is 6.25. The maximum atomic E-state index is 13.7. The van der Waals surface area contributed by atoms with Crippen LogP contribution in [0.4, 0.5) is 38.0 Å². The second kappa shape index (κ2) is 11.4. The standard InChI is InChI=1S/C27H25ClF6N4O3/c1-25(2,16-12-17(26(29,30)31)14-18(13-16)27(32,33)34)23(39)37(3)20-15-35-24(38-8-10-40-11-9-38)36-22(20)41-21-7-5-4-6-19(21)28/h4-7,12-15H,8-11H2,1-3H3. The number of aromatic nitrogens is 2. The molecule has 0 radical (unpaired) electrons.